The molecule has 0 unspecified atom stereocenters. The molecule has 2 N–H and O–H groups in total. The maximum Gasteiger partial charge on any atom is 0.166 e. The van der Waals surface area contributed by atoms with Crippen LogP contribution in [0.15, 0.2) is 35.4 Å². The summed E-state index contributed by atoms with van der Waals surface area (Å²) in [6.07, 6.45) is 1.16. The third-order valence-corrected chi connectivity index (χ3v) is 5.75. The Bertz CT molecular complexity index is 1140. The zero-order chi connectivity index (χ0) is 20.7. The summed E-state index contributed by atoms with van der Waals surface area (Å²) in [7, 11) is 3.66. The van der Waals surface area contributed by atoms with Crippen molar-refractivity contribution in [1.29, 1.82) is 5.26 Å². The predicted octanol–water partition coefficient (Wildman–Crippen LogP) is 3.67. The number of benzene rings is 1. The minimum absolute atomic E-state index is 0.226. The number of anilines is 1. The third kappa shape index (κ3) is 3.52. The summed E-state index contributed by atoms with van der Waals surface area (Å²) < 4.78 is 23.6. The van der Waals surface area contributed by atoms with Gasteiger partial charge in [0.2, 0.25) is 0 Å². The topological polar surface area (TPSA) is 93.0 Å². The Kier molecular flexibility index (Phi) is 4.90. The highest BCUT2D eigenvalue weighted by Crippen LogP contribution is 2.38. The van der Waals surface area contributed by atoms with E-state index in [-0.39, 0.29) is 11.6 Å². The Labute approximate surface area is 172 Å². The molecule has 0 spiro atoms. The van der Waals surface area contributed by atoms with Gasteiger partial charge in [-0.2, -0.15) is 10.4 Å². The van der Waals surface area contributed by atoms with Crippen LogP contribution in [0.5, 0.6) is 5.75 Å². The van der Waals surface area contributed by atoms with Crippen molar-refractivity contribution in [3.8, 4) is 22.9 Å². The molecule has 0 fully saturated rings. The van der Waals surface area contributed by atoms with Gasteiger partial charge in [0.1, 0.15) is 23.7 Å². The van der Waals surface area contributed by atoms with E-state index in [9.17, 15) is 9.65 Å². The first-order chi connectivity index (χ1) is 13.9. The van der Waals surface area contributed by atoms with Gasteiger partial charge in [0.15, 0.2) is 11.6 Å². The van der Waals surface area contributed by atoms with Crippen molar-refractivity contribution in [2.45, 2.75) is 24.5 Å². The van der Waals surface area contributed by atoms with Gasteiger partial charge in [-0.05, 0) is 50.2 Å². The summed E-state index contributed by atoms with van der Waals surface area (Å²) in [5.41, 5.74) is 9.31. The number of ether oxygens (including phenoxy) is 1. The summed E-state index contributed by atoms with van der Waals surface area (Å²) in [6.45, 7) is 2.31. The van der Waals surface area contributed by atoms with E-state index >= 15 is 0 Å². The lowest BCUT2D eigenvalue weighted by atomic mass is 10.0. The first-order valence-electron chi connectivity index (χ1n) is 8.94. The number of halogens is 1. The number of rotatable bonds is 0. The summed E-state index contributed by atoms with van der Waals surface area (Å²) in [4.78, 5) is 5.12. The molecule has 3 heterocycles. The fraction of sp³-hybridized carbons (Fsp3) is 0.250. The highest BCUT2D eigenvalue weighted by atomic mass is 32.2. The Morgan fingerprint density at radius 2 is 2.14 bits per heavy atom. The van der Waals surface area contributed by atoms with Crippen LogP contribution < -0.4 is 10.5 Å². The lowest BCUT2D eigenvalue weighted by Crippen LogP contribution is -2.13. The van der Waals surface area contributed by atoms with E-state index in [2.05, 4.69) is 16.2 Å². The van der Waals surface area contributed by atoms with Crippen molar-refractivity contribution in [3.05, 3.63) is 53.2 Å². The fourth-order valence-electron chi connectivity index (χ4n) is 3.39. The Morgan fingerprint density at radius 3 is 2.90 bits per heavy atom. The Balaban J connectivity index is 1.93. The second-order valence-electron chi connectivity index (χ2n) is 6.83. The van der Waals surface area contributed by atoms with Crippen molar-refractivity contribution in [3.63, 3.8) is 0 Å². The molecular formula is C20H19FN6OS. The first kappa shape index (κ1) is 19.2. The number of nitriles is 1. The minimum atomic E-state index is -0.454. The van der Waals surface area contributed by atoms with Gasteiger partial charge < -0.3 is 10.5 Å². The van der Waals surface area contributed by atoms with Gasteiger partial charge in [-0.1, -0.05) is 0 Å². The van der Waals surface area contributed by atoms with Gasteiger partial charge in [0, 0.05) is 34.8 Å². The van der Waals surface area contributed by atoms with E-state index in [4.69, 9.17) is 10.5 Å². The van der Waals surface area contributed by atoms with Crippen LogP contribution in [0.3, 0.4) is 0 Å². The fourth-order valence-corrected chi connectivity index (χ4v) is 4.38. The molecule has 1 aliphatic rings. The third-order valence-electron chi connectivity index (χ3n) is 4.74. The molecule has 0 saturated carbocycles. The van der Waals surface area contributed by atoms with Crippen molar-refractivity contribution in [2.75, 3.05) is 12.8 Å². The summed E-state index contributed by atoms with van der Waals surface area (Å²) in [6, 6.07) is 8.61. The normalized spacial score (nSPS) is 16.6. The number of fused-ring (bicyclic) bond motifs is 5. The van der Waals surface area contributed by atoms with Crippen LogP contribution >= 0.6 is 11.9 Å². The highest BCUT2D eigenvalue weighted by Gasteiger charge is 2.24. The van der Waals surface area contributed by atoms with Gasteiger partial charge in [0.05, 0.1) is 12.2 Å². The molecule has 7 nitrogen and oxygen atoms in total. The summed E-state index contributed by atoms with van der Waals surface area (Å²) in [5, 5.41) is 14.2. The number of aromatic nitrogens is 3. The molecule has 0 amide bonds. The molecule has 148 valence electrons. The van der Waals surface area contributed by atoms with Gasteiger partial charge in [0.25, 0.3) is 0 Å². The van der Waals surface area contributed by atoms with E-state index in [1.807, 2.05) is 18.3 Å². The minimum Gasteiger partial charge on any atom is -0.482 e. The summed E-state index contributed by atoms with van der Waals surface area (Å²) >= 11 is 1.47. The number of nitrogen functional groups attached to an aromatic ring is 1. The van der Waals surface area contributed by atoms with Crippen LogP contribution in [0.25, 0.3) is 11.1 Å². The van der Waals surface area contributed by atoms with Crippen LogP contribution in [0, 0.1) is 17.1 Å². The van der Waals surface area contributed by atoms with Crippen LogP contribution in [0.2, 0.25) is 0 Å². The number of nitrogens with two attached hydrogens (primary N) is 1. The largest absolute Gasteiger partial charge is 0.482 e. The molecule has 9 heteroatoms. The number of nitrogens with zero attached hydrogens (tertiary/aromatic N) is 5. The molecular weight excluding hydrogens is 391 g/mol. The van der Waals surface area contributed by atoms with Crippen LogP contribution in [-0.2, 0) is 13.6 Å². The van der Waals surface area contributed by atoms with E-state index in [1.54, 1.807) is 30.1 Å². The van der Waals surface area contributed by atoms with Crippen LogP contribution in [-0.4, -0.2) is 26.1 Å². The van der Waals surface area contributed by atoms with Gasteiger partial charge in [-0.3, -0.25) is 4.68 Å². The number of hydrogen-bond acceptors (Lipinski definition) is 7. The maximum atomic E-state index is 13.9. The smallest absolute Gasteiger partial charge is 0.166 e. The second-order valence-corrected chi connectivity index (χ2v) is 8.08. The monoisotopic (exact) mass is 410 g/mol. The maximum absolute atomic E-state index is 13.9. The average molecular weight is 410 g/mol. The molecule has 0 radical (unpaired) electrons. The lowest BCUT2D eigenvalue weighted by Gasteiger charge is -2.23. The van der Waals surface area contributed by atoms with Crippen LogP contribution in [0.4, 0.5) is 10.2 Å². The molecule has 3 aromatic rings. The molecule has 1 aromatic carbocycles. The number of pyridine rings is 1. The second kappa shape index (κ2) is 7.39. The summed E-state index contributed by atoms with van der Waals surface area (Å²) in [5.74, 6) is 0.271. The predicted molar refractivity (Wildman–Crippen MR) is 108 cm³/mol. The van der Waals surface area contributed by atoms with Gasteiger partial charge in [-0.25, -0.2) is 13.7 Å². The molecule has 2 aromatic heterocycles. The quantitative estimate of drug-likeness (QED) is 0.565. The molecule has 4 rings (SSSR count). The molecule has 1 aliphatic heterocycles. The average Bonchev–Trinajstić information content (AvgIpc) is 2.98. The van der Waals surface area contributed by atoms with Crippen molar-refractivity contribution in [2.24, 2.45) is 7.05 Å². The van der Waals surface area contributed by atoms with Gasteiger partial charge >= 0.3 is 0 Å². The molecule has 1 atom stereocenters. The van der Waals surface area contributed by atoms with Crippen molar-refractivity contribution < 1.29 is 9.13 Å². The van der Waals surface area contributed by atoms with Crippen molar-refractivity contribution in [1.82, 2.24) is 19.1 Å². The zero-order valence-electron chi connectivity index (χ0n) is 16.2. The zero-order valence-corrected chi connectivity index (χ0v) is 17.0. The Morgan fingerprint density at radius 1 is 1.34 bits per heavy atom. The van der Waals surface area contributed by atoms with E-state index < -0.39 is 6.10 Å². The Hall–Kier alpha value is -3.09. The first-order valence-corrected chi connectivity index (χ1v) is 9.71. The molecule has 0 aliphatic carbocycles. The molecule has 0 saturated heterocycles. The van der Waals surface area contributed by atoms with Crippen LogP contribution in [0.1, 0.15) is 30.0 Å². The van der Waals surface area contributed by atoms with E-state index in [0.29, 0.717) is 34.7 Å². The van der Waals surface area contributed by atoms with E-state index in [0.717, 1.165) is 10.6 Å². The lowest BCUT2D eigenvalue weighted by molar-refractivity contribution is 0.224. The highest BCUT2D eigenvalue weighted by molar-refractivity contribution is 7.97. The van der Waals surface area contributed by atoms with Crippen molar-refractivity contribution >= 4 is 17.8 Å². The van der Waals surface area contributed by atoms with E-state index in [1.165, 1.54) is 24.1 Å². The SMILES string of the molecule is C[C@H]1Oc2cc(cnc2N)-c2c(nn(C)c2C#N)CN(C)Sc2ccc(F)cc21. The molecule has 2 bridgehead atoms. The van der Waals surface area contributed by atoms with Gasteiger partial charge in [-0.15, -0.1) is 0 Å². The molecule has 29 heavy (non-hydrogen) atoms. The number of aryl methyl sites for hydroxylation is 1. The number of hydrogen-bond donors (Lipinski definition) is 1. The standard InChI is InChI=1S/C20H19FN6OS/c1-11-14-7-13(21)4-5-18(14)29-26(2)10-15-19(16(8-22)27(3)25-15)12-6-17(28-11)20(23)24-9-12/h4-7,9,11H,10H2,1-3H3,(H2,23,24)/t11-/m1/s1.